The molecule has 0 aromatic heterocycles. The van der Waals surface area contributed by atoms with E-state index in [1.807, 2.05) is 19.9 Å². The van der Waals surface area contributed by atoms with Crippen LogP contribution in [0, 0.1) is 12.8 Å². The van der Waals surface area contributed by atoms with Gasteiger partial charge in [-0.25, -0.2) is 8.42 Å². The highest BCUT2D eigenvalue weighted by atomic mass is 32.2. The molecule has 0 saturated carbocycles. The van der Waals surface area contributed by atoms with E-state index in [0.29, 0.717) is 17.7 Å². The number of amides is 2. The lowest BCUT2D eigenvalue weighted by Crippen LogP contribution is -2.28. The zero-order valence-electron chi connectivity index (χ0n) is 20.5. The summed E-state index contributed by atoms with van der Waals surface area (Å²) in [4.78, 5) is 25.4. The summed E-state index contributed by atoms with van der Waals surface area (Å²) in [5.74, 6) is -0.706. The van der Waals surface area contributed by atoms with Gasteiger partial charge >= 0.3 is 0 Å². The fourth-order valence-electron chi connectivity index (χ4n) is 4.10. The van der Waals surface area contributed by atoms with Crippen molar-refractivity contribution >= 4 is 27.3 Å². The molecule has 0 fully saturated rings. The van der Waals surface area contributed by atoms with Crippen molar-refractivity contribution in [1.82, 2.24) is 5.32 Å². The number of hydrogen-bond acceptors (Lipinski definition) is 6. The first kappa shape index (κ1) is 26.0. The smallest absolute Gasteiger partial charge is 0.255 e. The van der Waals surface area contributed by atoms with E-state index in [4.69, 9.17) is 0 Å². The van der Waals surface area contributed by atoms with Crippen LogP contribution in [0.3, 0.4) is 0 Å². The van der Waals surface area contributed by atoms with Gasteiger partial charge < -0.3 is 20.8 Å². The van der Waals surface area contributed by atoms with Crippen LogP contribution in [0.4, 0.5) is 5.69 Å². The maximum absolute atomic E-state index is 13.1. The van der Waals surface area contributed by atoms with Crippen LogP contribution in [0.15, 0.2) is 93.6 Å². The molecule has 0 aliphatic heterocycles. The number of nitrogens with one attached hydrogen (secondary N) is 2. The summed E-state index contributed by atoms with van der Waals surface area (Å²) in [5.41, 5.74) is 2.24. The zero-order chi connectivity index (χ0) is 26.7. The van der Waals surface area contributed by atoms with Crippen LogP contribution in [0.1, 0.15) is 42.1 Å². The van der Waals surface area contributed by atoms with Gasteiger partial charge in [0.2, 0.25) is 9.84 Å². The van der Waals surface area contributed by atoms with Crippen LogP contribution in [0.5, 0.6) is 5.75 Å². The minimum Gasteiger partial charge on any atom is -0.506 e. The van der Waals surface area contributed by atoms with Gasteiger partial charge in [-0.15, -0.1) is 0 Å². The van der Waals surface area contributed by atoms with Crippen LogP contribution in [0.2, 0.25) is 0 Å². The van der Waals surface area contributed by atoms with Crippen LogP contribution >= 0.6 is 0 Å². The largest absolute Gasteiger partial charge is 0.506 e. The maximum atomic E-state index is 13.1. The average Bonchev–Trinajstić information content (AvgIpc) is 2.88. The van der Waals surface area contributed by atoms with Crippen molar-refractivity contribution in [2.24, 2.45) is 5.92 Å². The summed E-state index contributed by atoms with van der Waals surface area (Å²) in [5, 5.41) is 25.3. The molecule has 1 atom stereocenters. The van der Waals surface area contributed by atoms with Crippen molar-refractivity contribution in [1.29, 1.82) is 0 Å². The molecular formula is C28H28N2O6S. The number of anilines is 1. The van der Waals surface area contributed by atoms with Crippen LogP contribution < -0.4 is 10.6 Å². The molecule has 0 radical (unpaired) electrons. The Hall–Kier alpha value is -4.11. The molecule has 9 heteroatoms. The van der Waals surface area contributed by atoms with E-state index >= 15 is 0 Å². The van der Waals surface area contributed by atoms with Gasteiger partial charge in [0.05, 0.1) is 16.3 Å². The van der Waals surface area contributed by atoms with E-state index in [1.165, 1.54) is 42.5 Å². The van der Waals surface area contributed by atoms with Crippen molar-refractivity contribution in [3.8, 4) is 5.75 Å². The molecule has 37 heavy (non-hydrogen) atoms. The summed E-state index contributed by atoms with van der Waals surface area (Å²) in [7, 11) is -3.81. The Balaban J connectivity index is 1.45. The van der Waals surface area contributed by atoms with E-state index in [-0.39, 0.29) is 57.2 Å². The molecule has 2 aromatic carbocycles. The normalized spacial score (nSPS) is 17.6. The first-order valence-corrected chi connectivity index (χ1v) is 13.3. The number of aromatic hydroxyl groups is 1. The summed E-state index contributed by atoms with van der Waals surface area (Å²) in [6, 6.07) is 10.4. The zero-order valence-corrected chi connectivity index (χ0v) is 21.3. The van der Waals surface area contributed by atoms with Gasteiger partial charge in [0.15, 0.2) is 0 Å². The maximum Gasteiger partial charge on any atom is 0.255 e. The molecule has 2 aliphatic rings. The minimum atomic E-state index is -3.81. The Bertz CT molecular complexity index is 1480. The Morgan fingerprint density at radius 3 is 2.35 bits per heavy atom. The van der Waals surface area contributed by atoms with Crippen LogP contribution in [-0.2, 0) is 14.6 Å². The van der Waals surface area contributed by atoms with Gasteiger partial charge in [-0.2, -0.15) is 0 Å². The molecule has 8 nitrogen and oxygen atoms in total. The molecule has 4 N–H and O–H groups in total. The monoisotopic (exact) mass is 520 g/mol. The van der Waals surface area contributed by atoms with Gasteiger partial charge in [-0.05, 0) is 86.2 Å². The lowest BCUT2D eigenvalue weighted by atomic mass is 9.98. The molecule has 0 spiro atoms. The highest BCUT2D eigenvalue weighted by Gasteiger charge is 2.25. The summed E-state index contributed by atoms with van der Waals surface area (Å²) in [6.45, 7) is 3.80. The molecular weight excluding hydrogens is 492 g/mol. The quantitative estimate of drug-likeness (QED) is 0.404. The standard InChI is InChI=1S/C28H28N2O6S/c1-17-3-13-25(31)23(15-17)29-27(33)19-5-9-21(10-6-19)37(35,36)22-11-7-20(8-12-22)28(34)30-24-16-18(2)4-14-26(24)32/h3-7,9-11,13-15,18,31-32H,8,12,16H2,1-2H3,(H,29,33)(H,30,34). The van der Waals surface area contributed by atoms with E-state index in [0.717, 1.165) is 5.56 Å². The van der Waals surface area contributed by atoms with E-state index in [1.54, 1.807) is 18.2 Å². The lowest BCUT2D eigenvalue weighted by Gasteiger charge is -2.20. The lowest BCUT2D eigenvalue weighted by molar-refractivity contribution is -0.117. The second kappa shape index (κ2) is 10.5. The number of aliphatic hydroxyl groups is 1. The van der Waals surface area contributed by atoms with E-state index in [9.17, 15) is 28.2 Å². The number of phenolic OH excluding ortho intramolecular Hbond substituents is 1. The van der Waals surface area contributed by atoms with Crippen molar-refractivity contribution in [2.45, 2.75) is 38.0 Å². The number of benzene rings is 2. The fraction of sp³-hybridized carbons (Fsp3) is 0.214. The third kappa shape index (κ3) is 5.83. The number of rotatable bonds is 6. The van der Waals surface area contributed by atoms with Gasteiger partial charge in [-0.1, -0.05) is 25.1 Å². The third-order valence-electron chi connectivity index (χ3n) is 6.26. The van der Waals surface area contributed by atoms with Crippen molar-refractivity contribution in [3.63, 3.8) is 0 Å². The second-order valence-electron chi connectivity index (χ2n) is 9.19. The number of phenols is 1. The van der Waals surface area contributed by atoms with Crippen LogP contribution in [-0.4, -0.2) is 30.4 Å². The Kier molecular flexibility index (Phi) is 7.35. The third-order valence-corrected chi connectivity index (χ3v) is 8.18. The highest BCUT2D eigenvalue weighted by Crippen LogP contribution is 2.29. The van der Waals surface area contributed by atoms with Gasteiger partial charge in [0.1, 0.15) is 11.5 Å². The van der Waals surface area contributed by atoms with Crippen molar-refractivity contribution in [3.05, 3.63) is 99.8 Å². The summed E-state index contributed by atoms with van der Waals surface area (Å²) in [6.07, 6.45) is 7.23. The van der Waals surface area contributed by atoms with Gasteiger partial charge in [0.25, 0.3) is 11.8 Å². The second-order valence-corrected chi connectivity index (χ2v) is 11.2. The molecule has 4 rings (SSSR count). The predicted molar refractivity (Wildman–Crippen MR) is 141 cm³/mol. The number of carbonyl (C=O) groups excluding carboxylic acids is 2. The first-order valence-electron chi connectivity index (χ1n) is 11.8. The molecule has 0 bridgehead atoms. The number of hydrogen-bond donors (Lipinski definition) is 4. The SMILES string of the molecule is Cc1ccc(O)c(NC(=O)c2ccc(S(=O)(=O)C3=CC=C(C(=O)NC4=C(O)C=CC(C)C4)CC3)cc2)c1. The Labute approximate surface area is 215 Å². The predicted octanol–water partition coefficient (Wildman–Crippen LogP) is 4.81. The number of sulfone groups is 1. The van der Waals surface area contributed by atoms with Gasteiger partial charge in [-0.3, -0.25) is 9.59 Å². The fourth-order valence-corrected chi connectivity index (χ4v) is 5.51. The molecule has 2 aliphatic carbocycles. The summed E-state index contributed by atoms with van der Waals surface area (Å²) >= 11 is 0. The van der Waals surface area contributed by atoms with Crippen molar-refractivity contribution < 1.29 is 28.2 Å². The Morgan fingerprint density at radius 2 is 1.68 bits per heavy atom. The Morgan fingerprint density at radius 1 is 0.946 bits per heavy atom. The number of carbonyl (C=O) groups is 2. The molecule has 192 valence electrons. The number of aryl methyl sites for hydroxylation is 1. The van der Waals surface area contributed by atoms with E-state index in [2.05, 4.69) is 10.6 Å². The van der Waals surface area contributed by atoms with Crippen molar-refractivity contribution in [2.75, 3.05) is 5.32 Å². The minimum absolute atomic E-state index is 0.0227. The molecule has 2 amide bonds. The van der Waals surface area contributed by atoms with Gasteiger partial charge in [0, 0.05) is 16.0 Å². The average molecular weight is 521 g/mol. The van der Waals surface area contributed by atoms with E-state index < -0.39 is 15.7 Å². The molecule has 0 saturated heterocycles. The number of aliphatic hydroxyl groups excluding tert-OH is 1. The molecule has 0 heterocycles. The molecule has 1 unspecified atom stereocenters. The first-order chi connectivity index (χ1) is 17.5. The highest BCUT2D eigenvalue weighted by molar-refractivity contribution is 7.95. The molecule has 2 aromatic rings. The van der Waals surface area contributed by atoms with Crippen LogP contribution in [0.25, 0.3) is 0 Å². The topological polar surface area (TPSA) is 133 Å². The summed E-state index contributed by atoms with van der Waals surface area (Å²) < 4.78 is 26.3. The number of allylic oxidation sites excluding steroid dienone is 6.